The minimum atomic E-state index is -0.234. The maximum absolute atomic E-state index is 12.7. The van der Waals surface area contributed by atoms with Crippen LogP contribution in [0.15, 0.2) is 39.5 Å². The second-order valence-electron chi connectivity index (χ2n) is 5.25. The summed E-state index contributed by atoms with van der Waals surface area (Å²) in [7, 11) is 3.93. The van der Waals surface area contributed by atoms with Crippen molar-refractivity contribution in [1.82, 2.24) is 15.0 Å². The van der Waals surface area contributed by atoms with Crippen LogP contribution in [0, 0.1) is 0 Å². The first-order valence-corrected chi connectivity index (χ1v) is 8.59. The number of aromatic nitrogens is 2. The maximum Gasteiger partial charge on any atom is 0.298 e. The second-order valence-corrected chi connectivity index (χ2v) is 7.17. The van der Waals surface area contributed by atoms with Gasteiger partial charge in [-0.3, -0.25) is 9.69 Å². The van der Waals surface area contributed by atoms with Crippen LogP contribution in [-0.4, -0.2) is 48.1 Å². The summed E-state index contributed by atoms with van der Waals surface area (Å²) in [5.74, 6) is -0.0216. The molecule has 1 amide bonds. The highest BCUT2D eigenvalue weighted by Crippen LogP contribution is 2.31. The van der Waals surface area contributed by atoms with Crippen LogP contribution in [0.2, 0.25) is 0 Å². The standard InChI is InChI=1S/C15H15BrN4O2S/c1-19(2)7-8-20(14(21)12-5-6-17-22-12)15-18-11-4-3-10(16)9-13(11)23-15/h3-6,9H,7-8H2,1-2H3. The number of carbonyl (C=O) groups is 1. The summed E-state index contributed by atoms with van der Waals surface area (Å²) in [6, 6.07) is 7.44. The van der Waals surface area contributed by atoms with Gasteiger partial charge in [-0.2, -0.15) is 0 Å². The zero-order valence-corrected chi connectivity index (χ0v) is 15.1. The predicted octanol–water partition coefficient (Wildman–Crippen LogP) is 3.26. The highest BCUT2D eigenvalue weighted by Gasteiger charge is 2.23. The Morgan fingerprint density at radius 1 is 1.30 bits per heavy atom. The number of hydrogen-bond donors (Lipinski definition) is 0. The Kier molecular flexibility index (Phi) is 4.74. The molecule has 1 aromatic carbocycles. The van der Waals surface area contributed by atoms with E-state index in [0.717, 1.165) is 21.2 Å². The van der Waals surface area contributed by atoms with Crippen molar-refractivity contribution in [3.8, 4) is 0 Å². The lowest BCUT2D eigenvalue weighted by atomic mass is 10.3. The maximum atomic E-state index is 12.7. The lowest BCUT2D eigenvalue weighted by Gasteiger charge is -2.20. The first kappa shape index (κ1) is 16.1. The smallest absolute Gasteiger partial charge is 0.298 e. The quantitative estimate of drug-likeness (QED) is 0.664. The van der Waals surface area contributed by atoms with Gasteiger partial charge in [0.05, 0.1) is 16.4 Å². The number of rotatable bonds is 5. The van der Waals surface area contributed by atoms with Gasteiger partial charge in [-0.15, -0.1) is 0 Å². The average Bonchev–Trinajstić information content (AvgIpc) is 3.15. The number of fused-ring (bicyclic) bond motifs is 1. The molecule has 0 saturated heterocycles. The Hall–Kier alpha value is -1.77. The summed E-state index contributed by atoms with van der Waals surface area (Å²) in [6.07, 6.45) is 1.47. The molecule has 0 saturated carbocycles. The number of amides is 1. The molecule has 0 N–H and O–H groups in total. The molecular formula is C15H15BrN4O2S. The number of likely N-dealkylation sites (N-methyl/N-ethyl adjacent to an activating group) is 1. The van der Waals surface area contributed by atoms with E-state index in [4.69, 9.17) is 4.52 Å². The molecule has 0 fully saturated rings. The average molecular weight is 395 g/mol. The number of nitrogens with zero attached hydrogens (tertiary/aromatic N) is 4. The van der Waals surface area contributed by atoms with Gasteiger partial charge in [0.25, 0.3) is 5.91 Å². The summed E-state index contributed by atoms with van der Waals surface area (Å²) in [4.78, 5) is 20.9. The molecule has 120 valence electrons. The molecule has 0 spiro atoms. The Morgan fingerprint density at radius 3 is 2.83 bits per heavy atom. The Bertz CT molecular complexity index is 816. The molecule has 3 rings (SSSR count). The minimum Gasteiger partial charge on any atom is -0.351 e. The van der Waals surface area contributed by atoms with Crippen molar-refractivity contribution in [3.05, 3.63) is 40.7 Å². The van der Waals surface area contributed by atoms with E-state index in [9.17, 15) is 4.79 Å². The van der Waals surface area contributed by atoms with Gasteiger partial charge in [0.1, 0.15) is 0 Å². The van der Waals surface area contributed by atoms with E-state index in [1.54, 1.807) is 11.0 Å². The third-order valence-electron chi connectivity index (χ3n) is 3.23. The normalized spacial score (nSPS) is 11.3. The summed E-state index contributed by atoms with van der Waals surface area (Å²) >= 11 is 4.94. The Balaban J connectivity index is 1.96. The molecule has 0 aliphatic rings. The van der Waals surface area contributed by atoms with Gasteiger partial charge in [0, 0.05) is 23.6 Å². The molecule has 23 heavy (non-hydrogen) atoms. The third-order valence-corrected chi connectivity index (χ3v) is 4.77. The Labute approximate surface area is 145 Å². The van der Waals surface area contributed by atoms with Crippen molar-refractivity contribution in [2.24, 2.45) is 0 Å². The number of carbonyl (C=O) groups excluding carboxylic acids is 1. The van der Waals surface area contributed by atoms with Gasteiger partial charge in [-0.1, -0.05) is 32.4 Å². The topological polar surface area (TPSA) is 62.5 Å². The molecule has 8 heteroatoms. The van der Waals surface area contributed by atoms with Crippen LogP contribution in [0.5, 0.6) is 0 Å². The third kappa shape index (κ3) is 3.60. The molecule has 2 heterocycles. The first-order valence-electron chi connectivity index (χ1n) is 6.98. The van der Waals surface area contributed by atoms with Crippen LogP contribution < -0.4 is 4.90 Å². The van der Waals surface area contributed by atoms with Crippen molar-refractivity contribution in [2.45, 2.75) is 0 Å². The van der Waals surface area contributed by atoms with Crippen LogP contribution in [0.4, 0.5) is 5.13 Å². The molecule has 0 bridgehead atoms. The molecule has 0 atom stereocenters. The van der Waals surface area contributed by atoms with Crippen molar-refractivity contribution < 1.29 is 9.32 Å². The van der Waals surface area contributed by atoms with Crippen LogP contribution in [0.3, 0.4) is 0 Å². The SMILES string of the molecule is CN(C)CCN(C(=O)c1ccno1)c1nc2ccc(Br)cc2s1. The summed E-state index contributed by atoms with van der Waals surface area (Å²) in [5.41, 5.74) is 0.869. The molecule has 0 unspecified atom stereocenters. The lowest BCUT2D eigenvalue weighted by molar-refractivity contribution is 0.0949. The molecule has 0 radical (unpaired) electrons. The monoisotopic (exact) mass is 394 g/mol. The number of thiazole rings is 1. The highest BCUT2D eigenvalue weighted by molar-refractivity contribution is 9.10. The number of hydrogen-bond acceptors (Lipinski definition) is 6. The van der Waals surface area contributed by atoms with Crippen LogP contribution >= 0.6 is 27.3 Å². The molecule has 6 nitrogen and oxygen atoms in total. The van der Waals surface area contributed by atoms with Crippen molar-refractivity contribution >= 4 is 48.5 Å². The van der Waals surface area contributed by atoms with Crippen LogP contribution in [-0.2, 0) is 0 Å². The zero-order chi connectivity index (χ0) is 16.4. The summed E-state index contributed by atoms with van der Waals surface area (Å²) in [6.45, 7) is 1.24. The summed E-state index contributed by atoms with van der Waals surface area (Å²) in [5, 5.41) is 4.27. The van der Waals surface area contributed by atoms with Crippen molar-refractivity contribution in [1.29, 1.82) is 0 Å². The van der Waals surface area contributed by atoms with Gasteiger partial charge in [0.2, 0.25) is 5.76 Å². The summed E-state index contributed by atoms with van der Waals surface area (Å²) < 4.78 is 7.02. The van der Waals surface area contributed by atoms with E-state index in [1.807, 2.05) is 37.2 Å². The van der Waals surface area contributed by atoms with Crippen LogP contribution in [0.25, 0.3) is 10.2 Å². The number of benzene rings is 1. The highest BCUT2D eigenvalue weighted by atomic mass is 79.9. The van der Waals surface area contributed by atoms with Gasteiger partial charge in [-0.05, 0) is 32.3 Å². The largest absolute Gasteiger partial charge is 0.351 e. The number of halogens is 1. The van der Waals surface area contributed by atoms with E-state index in [0.29, 0.717) is 11.7 Å². The van der Waals surface area contributed by atoms with Gasteiger partial charge >= 0.3 is 0 Å². The first-order chi connectivity index (χ1) is 11.0. The van der Waals surface area contributed by atoms with E-state index in [-0.39, 0.29) is 11.7 Å². The van der Waals surface area contributed by atoms with E-state index in [1.165, 1.54) is 17.5 Å². The predicted molar refractivity (Wildman–Crippen MR) is 94.1 cm³/mol. The number of anilines is 1. The molecular weight excluding hydrogens is 380 g/mol. The van der Waals surface area contributed by atoms with Gasteiger partial charge < -0.3 is 9.42 Å². The molecule has 3 aromatic rings. The molecule has 0 aliphatic carbocycles. The van der Waals surface area contributed by atoms with E-state index in [2.05, 4.69) is 26.1 Å². The van der Waals surface area contributed by atoms with Gasteiger partial charge in [0.15, 0.2) is 5.13 Å². The van der Waals surface area contributed by atoms with Crippen molar-refractivity contribution in [2.75, 3.05) is 32.1 Å². The fraction of sp³-hybridized carbons (Fsp3) is 0.267. The molecule has 0 aliphatic heterocycles. The fourth-order valence-corrected chi connectivity index (χ4v) is 3.59. The minimum absolute atomic E-state index is 0.212. The van der Waals surface area contributed by atoms with Gasteiger partial charge in [-0.25, -0.2) is 4.98 Å². The molecule has 2 aromatic heterocycles. The lowest BCUT2D eigenvalue weighted by Crippen LogP contribution is -2.36. The van der Waals surface area contributed by atoms with Crippen molar-refractivity contribution in [3.63, 3.8) is 0 Å². The van der Waals surface area contributed by atoms with E-state index < -0.39 is 0 Å². The zero-order valence-electron chi connectivity index (χ0n) is 12.7. The van der Waals surface area contributed by atoms with Crippen LogP contribution in [0.1, 0.15) is 10.6 Å². The van der Waals surface area contributed by atoms with E-state index >= 15 is 0 Å². The Morgan fingerprint density at radius 2 is 2.13 bits per heavy atom. The second kappa shape index (κ2) is 6.77. The fourth-order valence-electron chi connectivity index (χ4n) is 2.04.